The number of aromatic nitrogens is 2. The molecular formula is C20H17ClF4N4O5S. The molecule has 0 bridgehead atoms. The van der Waals surface area contributed by atoms with Crippen LogP contribution in [0.2, 0.25) is 5.02 Å². The molecule has 0 unspecified atom stereocenters. The fourth-order valence-corrected chi connectivity index (χ4v) is 5.09. The fraction of sp³-hybridized carbons (Fsp3) is 0.300. The molecule has 3 aromatic rings. The second kappa shape index (κ2) is 9.60. The Balaban J connectivity index is 1.62. The first-order chi connectivity index (χ1) is 16.5. The summed E-state index contributed by atoms with van der Waals surface area (Å²) in [6.07, 6.45) is 0.262. The molecule has 0 saturated carbocycles. The third-order valence-electron chi connectivity index (χ3n) is 5.23. The van der Waals surface area contributed by atoms with E-state index in [-0.39, 0.29) is 30.7 Å². The van der Waals surface area contributed by atoms with E-state index in [1.807, 2.05) is 0 Å². The van der Waals surface area contributed by atoms with Gasteiger partial charge in [-0.1, -0.05) is 11.6 Å². The van der Waals surface area contributed by atoms with Gasteiger partial charge in [0.15, 0.2) is 23.1 Å². The lowest BCUT2D eigenvalue weighted by Crippen LogP contribution is -2.35. The van der Waals surface area contributed by atoms with Crippen LogP contribution >= 0.6 is 11.6 Å². The van der Waals surface area contributed by atoms with Crippen molar-refractivity contribution in [1.82, 2.24) is 13.9 Å². The van der Waals surface area contributed by atoms with Gasteiger partial charge in [-0.15, -0.1) is 0 Å². The van der Waals surface area contributed by atoms with Crippen molar-refractivity contribution in [3.05, 3.63) is 57.6 Å². The van der Waals surface area contributed by atoms with Crippen LogP contribution in [0.25, 0.3) is 10.9 Å². The molecule has 0 spiro atoms. The number of nitrogens with zero attached hydrogens (tertiary/aromatic N) is 3. The monoisotopic (exact) mass is 536 g/mol. The van der Waals surface area contributed by atoms with Crippen LogP contribution in [0.5, 0.6) is 11.5 Å². The largest absolute Gasteiger partial charge is 0.450 e. The number of nitrogens with one attached hydrogen (secondary N) is 1. The summed E-state index contributed by atoms with van der Waals surface area (Å²) in [5.74, 6) is -3.40. The van der Waals surface area contributed by atoms with Crippen LogP contribution in [0.3, 0.4) is 0 Å². The van der Waals surface area contributed by atoms with Crippen LogP contribution in [-0.4, -0.2) is 48.1 Å². The number of ether oxygens (including phenoxy) is 2. The summed E-state index contributed by atoms with van der Waals surface area (Å²) in [5, 5.41) is -0.928. The van der Waals surface area contributed by atoms with E-state index in [0.29, 0.717) is 0 Å². The molecule has 1 fully saturated rings. The maximum atomic E-state index is 15.0. The Labute approximate surface area is 201 Å². The highest BCUT2D eigenvalue weighted by Gasteiger charge is 2.34. The SMILES string of the molecule is Cn1cnc2ccc(Oc3c(F)ccc(NS(=O)(=O)N4CC[C@@H](OC(F)F)C4)c3Cl)c(F)c2c1=O. The Morgan fingerprint density at radius 3 is 2.69 bits per heavy atom. The molecule has 1 aliphatic heterocycles. The summed E-state index contributed by atoms with van der Waals surface area (Å²) < 4.78 is 93.4. The minimum atomic E-state index is -4.28. The van der Waals surface area contributed by atoms with E-state index >= 15 is 4.39 Å². The molecule has 35 heavy (non-hydrogen) atoms. The normalized spacial score (nSPS) is 16.8. The first-order valence-electron chi connectivity index (χ1n) is 9.99. The molecular weight excluding hydrogens is 520 g/mol. The van der Waals surface area contributed by atoms with Gasteiger partial charge in [0, 0.05) is 20.1 Å². The van der Waals surface area contributed by atoms with Gasteiger partial charge >= 0.3 is 16.8 Å². The molecule has 1 N–H and O–H groups in total. The van der Waals surface area contributed by atoms with Crippen LogP contribution in [0, 0.1) is 11.6 Å². The third kappa shape index (κ3) is 5.05. The van der Waals surface area contributed by atoms with Gasteiger partial charge in [-0.2, -0.15) is 21.5 Å². The van der Waals surface area contributed by atoms with Gasteiger partial charge < -0.3 is 14.0 Å². The van der Waals surface area contributed by atoms with E-state index in [1.165, 1.54) is 19.4 Å². The van der Waals surface area contributed by atoms with Crippen molar-refractivity contribution in [2.24, 2.45) is 7.05 Å². The molecule has 1 aromatic heterocycles. The number of aryl methyl sites for hydroxylation is 1. The molecule has 15 heteroatoms. The van der Waals surface area contributed by atoms with Crippen molar-refractivity contribution in [3.63, 3.8) is 0 Å². The summed E-state index contributed by atoms with van der Waals surface area (Å²) in [6, 6.07) is 4.26. The predicted octanol–water partition coefficient (Wildman–Crippen LogP) is 3.63. The number of benzene rings is 2. The molecule has 9 nitrogen and oxygen atoms in total. The summed E-state index contributed by atoms with van der Waals surface area (Å²) in [7, 11) is -2.91. The Bertz CT molecular complexity index is 1450. The lowest BCUT2D eigenvalue weighted by atomic mass is 10.2. The van der Waals surface area contributed by atoms with Crippen molar-refractivity contribution >= 4 is 38.4 Å². The van der Waals surface area contributed by atoms with E-state index in [0.717, 1.165) is 27.1 Å². The van der Waals surface area contributed by atoms with Gasteiger partial charge in [0.25, 0.3) is 5.56 Å². The molecule has 1 aliphatic rings. The Hall–Kier alpha value is -2.94. The summed E-state index contributed by atoms with van der Waals surface area (Å²) in [5.41, 5.74) is -0.961. The maximum absolute atomic E-state index is 15.0. The minimum Gasteiger partial charge on any atom is -0.450 e. The lowest BCUT2D eigenvalue weighted by Gasteiger charge is -2.19. The highest BCUT2D eigenvalue weighted by Crippen LogP contribution is 2.39. The third-order valence-corrected chi connectivity index (χ3v) is 7.10. The van der Waals surface area contributed by atoms with Crippen molar-refractivity contribution in [2.45, 2.75) is 19.1 Å². The van der Waals surface area contributed by atoms with Crippen molar-refractivity contribution in [1.29, 1.82) is 0 Å². The first kappa shape index (κ1) is 25.2. The Morgan fingerprint density at radius 1 is 1.23 bits per heavy atom. The van der Waals surface area contributed by atoms with Gasteiger partial charge in [0.05, 0.1) is 23.6 Å². The Kier molecular flexibility index (Phi) is 6.90. The molecule has 0 aliphatic carbocycles. The smallest absolute Gasteiger partial charge is 0.345 e. The fourth-order valence-electron chi connectivity index (χ4n) is 3.51. The highest BCUT2D eigenvalue weighted by molar-refractivity contribution is 7.90. The highest BCUT2D eigenvalue weighted by atomic mass is 35.5. The number of alkyl halides is 2. The zero-order chi connectivity index (χ0) is 25.5. The molecule has 2 aromatic carbocycles. The summed E-state index contributed by atoms with van der Waals surface area (Å²) >= 11 is 6.17. The van der Waals surface area contributed by atoms with Gasteiger partial charge in [0.2, 0.25) is 0 Å². The molecule has 1 saturated heterocycles. The zero-order valence-electron chi connectivity index (χ0n) is 17.8. The average molecular weight is 537 g/mol. The zero-order valence-corrected chi connectivity index (χ0v) is 19.4. The van der Waals surface area contributed by atoms with E-state index in [1.54, 1.807) is 0 Å². The van der Waals surface area contributed by atoms with Crippen molar-refractivity contribution in [3.8, 4) is 11.5 Å². The van der Waals surface area contributed by atoms with Crippen LogP contribution in [0.15, 0.2) is 35.4 Å². The second-order valence-electron chi connectivity index (χ2n) is 7.55. The molecule has 4 rings (SSSR count). The van der Waals surface area contributed by atoms with Crippen LogP contribution in [-0.2, 0) is 22.0 Å². The summed E-state index contributed by atoms with van der Waals surface area (Å²) in [4.78, 5) is 16.2. The summed E-state index contributed by atoms with van der Waals surface area (Å²) in [6.45, 7) is -3.47. The lowest BCUT2D eigenvalue weighted by molar-refractivity contribution is -0.157. The maximum Gasteiger partial charge on any atom is 0.345 e. The number of rotatable bonds is 7. The number of halogens is 5. The minimum absolute atomic E-state index is 0.0470. The number of fused-ring (bicyclic) bond motifs is 1. The van der Waals surface area contributed by atoms with Crippen LogP contribution < -0.4 is 15.0 Å². The number of anilines is 1. The number of hydrogen-bond acceptors (Lipinski definition) is 6. The van der Waals surface area contributed by atoms with E-state index in [9.17, 15) is 26.4 Å². The number of hydrogen-bond donors (Lipinski definition) is 1. The van der Waals surface area contributed by atoms with E-state index in [4.69, 9.17) is 16.3 Å². The first-order valence-corrected chi connectivity index (χ1v) is 11.8. The van der Waals surface area contributed by atoms with Gasteiger partial charge in [-0.25, -0.2) is 13.8 Å². The van der Waals surface area contributed by atoms with Gasteiger partial charge in [0.1, 0.15) is 10.4 Å². The van der Waals surface area contributed by atoms with E-state index in [2.05, 4.69) is 14.4 Å². The topological polar surface area (TPSA) is 103 Å². The standard InChI is InChI=1S/C20H17ClF4N4O5S/c1-28-9-26-12-4-5-14(17(23)15(12)19(28)30)34-18-11(22)2-3-13(16(18)21)27-35(31,32)29-7-6-10(8-29)33-20(24)25/h2-5,9-10,20,27H,6-8H2,1H3/t10-/m1/s1. The predicted molar refractivity (Wildman–Crippen MR) is 118 cm³/mol. The van der Waals surface area contributed by atoms with Gasteiger partial charge in [-0.05, 0) is 30.7 Å². The molecule has 0 amide bonds. The average Bonchev–Trinajstić information content (AvgIpc) is 3.26. The van der Waals surface area contributed by atoms with E-state index < -0.39 is 62.0 Å². The second-order valence-corrected chi connectivity index (χ2v) is 9.59. The van der Waals surface area contributed by atoms with Gasteiger partial charge in [-0.3, -0.25) is 9.52 Å². The van der Waals surface area contributed by atoms with Crippen molar-refractivity contribution < 1.29 is 35.5 Å². The molecule has 1 atom stereocenters. The van der Waals surface area contributed by atoms with Crippen LogP contribution in [0.1, 0.15) is 6.42 Å². The van der Waals surface area contributed by atoms with Crippen LogP contribution in [0.4, 0.5) is 23.2 Å². The molecule has 2 heterocycles. The molecule has 188 valence electrons. The molecule has 0 radical (unpaired) electrons. The van der Waals surface area contributed by atoms with Crippen molar-refractivity contribution in [2.75, 3.05) is 17.8 Å². The quantitative estimate of drug-likeness (QED) is 0.463. The Morgan fingerprint density at radius 2 is 1.97 bits per heavy atom.